The van der Waals surface area contributed by atoms with Crippen molar-refractivity contribution in [2.45, 2.75) is 12.5 Å². The van der Waals surface area contributed by atoms with E-state index in [4.69, 9.17) is 9.40 Å². The molecule has 1 aliphatic rings. The van der Waals surface area contributed by atoms with Gasteiger partial charge in [-0.15, -0.1) is 0 Å². The molecule has 4 heterocycles. The highest BCUT2D eigenvalue weighted by Gasteiger charge is 2.31. The van der Waals surface area contributed by atoms with Crippen LogP contribution in [0.4, 0.5) is 14.9 Å². The Morgan fingerprint density at radius 2 is 2.03 bits per heavy atom. The van der Waals surface area contributed by atoms with Crippen LogP contribution >= 0.6 is 0 Å². The molecule has 0 radical (unpaired) electrons. The molecule has 1 aromatic carbocycles. The lowest BCUT2D eigenvalue weighted by Crippen LogP contribution is -2.33. The van der Waals surface area contributed by atoms with Crippen LogP contribution in [0.2, 0.25) is 0 Å². The summed E-state index contributed by atoms with van der Waals surface area (Å²) in [6.07, 6.45) is 4.12. The molecule has 3 aromatic heterocycles. The van der Waals surface area contributed by atoms with Gasteiger partial charge in [-0.05, 0) is 55.0 Å². The van der Waals surface area contributed by atoms with Crippen molar-refractivity contribution in [3.63, 3.8) is 0 Å². The zero-order valence-electron chi connectivity index (χ0n) is 15.5. The number of amides is 2. The van der Waals surface area contributed by atoms with Gasteiger partial charge in [0.2, 0.25) is 0 Å². The number of pyridine rings is 1. The number of carbonyl (C=O) groups excluding carboxylic acids is 1. The zero-order valence-corrected chi connectivity index (χ0v) is 15.5. The molecule has 2 amide bonds. The molecule has 146 valence electrons. The predicted octanol–water partition coefficient (Wildman–Crippen LogP) is 4.31. The molecule has 0 aliphatic carbocycles. The van der Waals surface area contributed by atoms with Crippen LogP contribution in [0, 0.1) is 5.82 Å². The number of nitrogens with one attached hydrogen (secondary N) is 1. The van der Waals surface area contributed by atoms with Crippen LogP contribution in [0.25, 0.3) is 22.7 Å². The van der Waals surface area contributed by atoms with Crippen LogP contribution in [0.1, 0.15) is 12.5 Å². The lowest BCUT2D eigenvalue weighted by atomic mass is 10.2. The van der Waals surface area contributed by atoms with E-state index >= 15 is 0 Å². The van der Waals surface area contributed by atoms with Crippen LogP contribution in [0.3, 0.4) is 0 Å². The molecule has 0 spiro atoms. The Kier molecular flexibility index (Phi) is 4.23. The van der Waals surface area contributed by atoms with E-state index in [1.807, 2.05) is 24.3 Å². The highest BCUT2D eigenvalue weighted by Crippen LogP contribution is 2.32. The largest absolute Gasteiger partial charge is 0.461 e. The summed E-state index contributed by atoms with van der Waals surface area (Å²) in [6.45, 7) is 1.12. The number of halogens is 1. The number of likely N-dealkylation sites (tertiary alicyclic amines) is 1. The molecule has 0 bridgehead atoms. The third-order valence-electron chi connectivity index (χ3n) is 5.10. The van der Waals surface area contributed by atoms with E-state index in [2.05, 4.69) is 14.9 Å². The number of nitrogens with zero attached hydrogens (tertiary/aromatic N) is 4. The van der Waals surface area contributed by atoms with Crippen LogP contribution in [-0.2, 0) is 0 Å². The summed E-state index contributed by atoms with van der Waals surface area (Å²) in [5.41, 5.74) is 2.11. The Balaban J connectivity index is 1.41. The molecule has 5 rings (SSSR count). The second kappa shape index (κ2) is 7.05. The second-order valence-electron chi connectivity index (χ2n) is 6.95. The fourth-order valence-electron chi connectivity index (χ4n) is 3.73. The number of urea groups is 1. The number of rotatable bonds is 3. The fourth-order valence-corrected chi connectivity index (χ4v) is 3.73. The van der Waals surface area contributed by atoms with Gasteiger partial charge in [0, 0.05) is 25.0 Å². The molecule has 7 nitrogen and oxygen atoms in total. The maximum Gasteiger partial charge on any atom is 0.321 e. The van der Waals surface area contributed by atoms with E-state index in [-0.39, 0.29) is 17.9 Å². The summed E-state index contributed by atoms with van der Waals surface area (Å²) in [5, 5.41) is 2.82. The van der Waals surface area contributed by atoms with E-state index in [1.54, 1.807) is 29.5 Å². The molecule has 1 atom stereocenters. The van der Waals surface area contributed by atoms with Gasteiger partial charge in [0.1, 0.15) is 11.3 Å². The van der Waals surface area contributed by atoms with Gasteiger partial charge in [-0.3, -0.25) is 0 Å². The SMILES string of the molecule is O=C(Nc1ccc(F)cc1)N1CC[C@@H](n2c(-c3ccco3)nc3cccnc32)C1. The molecule has 4 aromatic rings. The topological polar surface area (TPSA) is 76.2 Å². The highest BCUT2D eigenvalue weighted by atomic mass is 19.1. The summed E-state index contributed by atoms with van der Waals surface area (Å²) < 4.78 is 20.7. The molecular weight excluding hydrogens is 373 g/mol. The molecule has 0 unspecified atom stereocenters. The fraction of sp³-hybridized carbons (Fsp3) is 0.190. The summed E-state index contributed by atoms with van der Waals surface area (Å²) in [6, 6.07) is 13.0. The van der Waals surface area contributed by atoms with Gasteiger partial charge in [0.15, 0.2) is 17.2 Å². The number of furan rings is 1. The van der Waals surface area contributed by atoms with Crippen molar-refractivity contribution in [3.8, 4) is 11.6 Å². The first-order valence-corrected chi connectivity index (χ1v) is 9.37. The van der Waals surface area contributed by atoms with Gasteiger partial charge >= 0.3 is 6.03 Å². The van der Waals surface area contributed by atoms with Crippen LogP contribution < -0.4 is 5.32 Å². The third kappa shape index (κ3) is 3.22. The van der Waals surface area contributed by atoms with Crippen LogP contribution in [0.15, 0.2) is 65.4 Å². The molecule has 1 aliphatic heterocycles. The quantitative estimate of drug-likeness (QED) is 0.565. The van der Waals surface area contributed by atoms with Crippen molar-refractivity contribution in [3.05, 3.63) is 66.8 Å². The van der Waals surface area contributed by atoms with E-state index in [1.165, 1.54) is 12.1 Å². The number of imidazole rings is 1. The maximum absolute atomic E-state index is 13.1. The van der Waals surface area contributed by atoms with E-state index < -0.39 is 0 Å². The number of hydrogen-bond donors (Lipinski definition) is 1. The van der Waals surface area contributed by atoms with Crippen molar-refractivity contribution in [1.82, 2.24) is 19.4 Å². The molecule has 1 fully saturated rings. The van der Waals surface area contributed by atoms with E-state index in [0.29, 0.717) is 30.4 Å². The van der Waals surface area contributed by atoms with E-state index in [0.717, 1.165) is 17.6 Å². The van der Waals surface area contributed by atoms with Crippen molar-refractivity contribution in [2.24, 2.45) is 0 Å². The third-order valence-corrected chi connectivity index (χ3v) is 5.10. The Bertz CT molecular complexity index is 1150. The van der Waals surface area contributed by atoms with Crippen LogP contribution in [0.5, 0.6) is 0 Å². The van der Waals surface area contributed by atoms with Gasteiger partial charge < -0.3 is 19.2 Å². The Hall–Kier alpha value is -3.68. The molecular formula is C21H18FN5O2. The minimum atomic E-state index is -0.339. The number of hydrogen-bond acceptors (Lipinski definition) is 4. The molecule has 1 saturated heterocycles. The van der Waals surface area contributed by atoms with Crippen LogP contribution in [-0.4, -0.2) is 38.6 Å². The van der Waals surface area contributed by atoms with Crippen molar-refractivity contribution >= 4 is 22.9 Å². The molecule has 29 heavy (non-hydrogen) atoms. The highest BCUT2D eigenvalue weighted by molar-refractivity contribution is 5.89. The van der Waals surface area contributed by atoms with Gasteiger partial charge in [0.25, 0.3) is 0 Å². The first-order valence-electron chi connectivity index (χ1n) is 9.37. The Labute approximate surface area is 165 Å². The van der Waals surface area contributed by atoms with Crippen molar-refractivity contribution in [1.29, 1.82) is 0 Å². The number of anilines is 1. The number of aromatic nitrogens is 3. The number of benzene rings is 1. The monoisotopic (exact) mass is 391 g/mol. The second-order valence-corrected chi connectivity index (χ2v) is 6.95. The first-order chi connectivity index (χ1) is 14.2. The minimum absolute atomic E-state index is 0.0222. The van der Waals surface area contributed by atoms with Gasteiger partial charge in [-0.2, -0.15) is 0 Å². The smallest absolute Gasteiger partial charge is 0.321 e. The molecule has 1 N–H and O–H groups in total. The normalized spacial score (nSPS) is 16.4. The van der Waals surface area contributed by atoms with E-state index in [9.17, 15) is 9.18 Å². The first kappa shape index (κ1) is 17.4. The number of carbonyl (C=O) groups is 1. The standard InChI is InChI=1S/C21H18FN5O2/c22-14-5-7-15(8-6-14)24-21(28)26-11-9-16(13-26)27-19-17(3-1-10-23-19)25-20(27)18-4-2-12-29-18/h1-8,10,12,16H,9,11,13H2,(H,24,28)/t16-/m1/s1. The average Bonchev–Trinajstić information content (AvgIpc) is 3.48. The van der Waals surface area contributed by atoms with Gasteiger partial charge in [-0.1, -0.05) is 0 Å². The summed E-state index contributed by atoms with van der Waals surface area (Å²) in [7, 11) is 0. The maximum atomic E-state index is 13.1. The Morgan fingerprint density at radius 3 is 2.83 bits per heavy atom. The van der Waals surface area contributed by atoms with Crippen molar-refractivity contribution in [2.75, 3.05) is 18.4 Å². The lowest BCUT2D eigenvalue weighted by molar-refractivity contribution is 0.221. The molecule has 8 heteroatoms. The lowest BCUT2D eigenvalue weighted by Gasteiger charge is -2.19. The predicted molar refractivity (Wildman–Crippen MR) is 106 cm³/mol. The average molecular weight is 391 g/mol. The number of fused-ring (bicyclic) bond motifs is 1. The van der Waals surface area contributed by atoms with Gasteiger partial charge in [-0.25, -0.2) is 19.2 Å². The zero-order chi connectivity index (χ0) is 19.8. The van der Waals surface area contributed by atoms with Crippen molar-refractivity contribution < 1.29 is 13.6 Å². The summed E-state index contributed by atoms with van der Waals surface area (Å²) in [4.78, 5) is 23.6. The summed E-state index contributed by atoms with van der Waals surface area (Å²) in [5.74, 6) is 1.03. The molecule has 0 saturated carbocycles. The summed E-state index contributed by atoms with van der Waals surface area (Å²) >= 11 is 0. The van der Waals surface area contributed by atoms with Gasteiger partial charge in [0.05, 0.1) is 12.3 Å². The minimum Gasteiger partial charge on any atom is -0.461 e. The Morgan fingerprint density at radius 1 is 1.17 bits per heavy atom.